The first-order valence-corrected chi connectivity index (χ1v) is 5.57. The van der Waals surface area contributed by atoms with Gasteiger partial charge in [0.25, 0.3) is 5.89 Å². The number of aromatic nitrogens is 3. The number of nitrogens with zero attached hydrogens (tertiary/aromatic N) is 3. The van der Waals surface area contributed by atoms with Crippen LogP contribution in [0.3, 0.4) is 0 Å². The van der Waals surface area contributed by atoms with Gasteiger partial charge in [-0.1, -0.05) is 5.16 Å². The molecule has 0 radical (unpaired) electrons. The van der Waals surface area contributed by atoms with Gasteiger partial charge in [0.05, 0.1) is 0 Å². The van der Waals surface area contributed by atoms with Crippen LogP contribution >= 0.6 is 0 Å². The molecule has 2 aromatic rings. The van der Waals surface area contributed by atoms with Gasteiger partial charge in [-0.25, -0.2) is 0 Å². The molecule has 0 bridgehead atoms. The van der Waals surface area contributed by atoms with Crippen molar-refractivity contribution in [1.29, 1.82) is 0 Å². The number of hydrogen-bond donors (Lipinski definition) is 1. The third-order valence-corrected chi connectivity index (χ3v) is 2.80. The fraction of sp³-hybridized carbons (Fsp3) is 0.455. The minimum Gasteiger partial charge on any atom is -0.342 e. The summed E-state index contributed by atoms with van der Waals surface area (Å²) in [6.07, 6.45) is 4.34. The van der Waals surface area contributed by atoms with Gasteiger partial charge in [-0.05, 0) is 25.0 Å². The molecule has 1 aliphatic rings. The summed E-state index contributed by atoms with van der Waals surface area (Å²) in [7, 11) is 0. The summed E-state index contributed by atoms with van der Waals surface area (Å²) in [4.78, 5) is 4.42. The van der Waals surface area contributed by atoms with E-state index in [0.29, 0.717) is 18.4 Å². The van der Waals surface area contributed by atoms with E-state index in [-0.39, 0.29) is 0 Å². The van der Waals surface area contributed by atoms with E-state index in [1.165, 1.54) is 12.8 Å². The van der Waals surface area contributed by atoms with E-state index in [1.54, 1.807) is 0 Å². The molecule has 0 spiro atoms. The quantitative estimate of drug-likeness (QED) is 0.841. The van der Waals surface area contributed by atoms with Gasteiger partial charge in [0.15, 0.2) is 5.82 Å². The lowest BCUT2D eigenvalue weighted by molar-refractivity contribution is 0.419. The highest BCUT2D eigenvalue weighted by atomic mass is 16.5. The molecule has 1 fully saturated rings. The summed E-state index contributed by atoms with van der Waals surface area (Å²) in [6.45, 7) is 1.37. The molecule has 0 aromatic carbocycles. The minimum absolute atomic E-state index is 0.524. The van der Waals surface area contributed by atoms with Gasteiger partial charge >= 0.3 is 0 Å². The first-order valence-electron chi connectivity index (χ1n) is 5.57. The zero-order chi connectivity index (χ0) is 11.0. The number of rotatable bonds is 4. The lowest BCUT2D eigenvalue weighted by Gasteiger charge is -2.02. The molecular formula is C11H14N4O. The molecule has 1 saturated carbocycles. The van der Waals surface area contributed by atoms with Crippen molar-refractivity contribution >= 4 is 0 Å². The molecule has 0 atom stereocenters. The lowest BCUT2D eigenvalue weighted by Crippen LogP contribution is -2.09. The Hall–Kier alpha value is -1.62. The molecule has 0 amide bonds. The van der Waals surface area contributed by atoms with Crippen LogP contribution in [0.25, 0.3) is 11.6 Å². The standard InChI is InChI=1S/C11H14N4O/c12-5-7-15-6-1-2-9(15)11-13-10(14-16-11)8-3-4-8/h1-2,6,8H,3-5,7,12H2. The van der Waals surface area contributed by atoms with E-state index in [0.717, 1.165) is 18.1 Å². The summed E-state index contributed by atoms with van der Waals surface area (Å²) in [5.41, 5.74) is 6.49. The van der Waals surface area contributed by atoms with Gasteiger partial charge in [0, 0.05) is 25.2 Å². The number of hydrogen-bond acceptors (Lipinski definition) is 4. The Labute approximate surface area is 93.3 Å². The molecule has 16 heavy (non-hydrogen) atoms. The van der Waals surface area contributed by atoms with E-state index in [2.05, 4.69) is 10.1 Å². The van der Waals surface area contributed by atoms with Crippen LogP contribution in [0.5, 0.6) is 0 Å². The maximum atomic E-state index is 5.54. The van der Waals surface area contributed by atoms with Crippen molar-refractivity contribution in [3.05, 3.63) is 24.2 Å². The highest BCUT2D eigenvalue weighted by Crippen LogP contribution is 2.38. The van der Waals surface area contributed by atoms with Crippen LogP contribution < -0.4 is 5.73 Å². The monoisotopic (exact) mass is 218 g/mol. The molecule has 2 N–H and O–H groups in total. The molecule has 5 nitrogen and oxygen atoms in total. The molecule has 3 rings (SSSR count). The van der Waals surface area contributed by atoms with Gasteiger partial charge in [-0.15, -0.1) is 0 Å². The Bertz CT molecular complexity index is 484. The number of nitrogens with two attached hydrogens (primary N) is 1. The Morgan fingerprint density at radius 1 is 1.50 bits per heavy atom. The fourth-order valence-electron chi connectivity index (χ4n) is 1.79. The minimum atomic E-state index is 0.524. The van der Waals surface area contributed by atoms with Crippen molar-refractivity contribution in [2.24, 2.45) is 5.73 Å². The lowest BCUT2D eigenvalue weighted by atomic mass is 10.4. The van der Waals surface area contributed by atoms with Gasteiger partial charge in [-0.2, -0.15) is 4.98 Å². The van der Waals surface area contributed by atoms with Gasteiger partial charge < -0.3 is 14.8 Å². The van der Waals surface area contributed by atoms with Crippen molar-refractivity contribution in [3.8, 4) is 11.6 Å². The van der Waals surface area contributed by atoms with Gasteiger partial charge in [0.2, 0.25) is 0 Å². The van der Waals surface area contributed by atoms with E-state index < -0.39 is 0 Å². The SMILES string of the molecule is NCCn1cccc1-c1nc(C2CC2)no1. The normalized spacial score (nSPS) is 15.6. The maximum absolute atomic E-state index is 5.54. The Morgan fingerprint density at radius 2 is 2.38 bits per heavy atom. The fourth-order valence-corrected chi connectivity index (χ4v) is 1.79. The zero-order valence-corrected chi connectivity index (χ0v) is 8.97. The predicted molar refractivity (Wildman–Crippen MR) is 58.8 cm³/mol. The Kier molecular flexibility index (Phi) is 2.25. The van der Waals surface area contributed by atoms with E-state index in [1.807, 2.05) is 22.9 Å². The van der Waals surface area contributed by atoms with Crippen LogP contribution in [0.2, 0.25) is 0 Å². The molecule has 0 aliphatic heterocycles. The van der Waals surface area contributed by atoms with Crippen LogP contribution in [0, 0.1) is 0 Å². The van der Waals surface area contributed by atoms with Gasteiger partial charge in [0.1, 0.15) is 5.69 Å². The van der Waals surface area contributed by atoms with Crippen LogP contribution in [0.15, 0.2) is 22.9 Å². The summed E-state index contributed by atoms with van der Waals surface area (Å²) in [6, 6.07) is 3.94. The third kappa shape index (κ3) is 1.63. The topological polar surface area (TPSA) is 69.9 Å². The largest absolute Gasteiger partial charge is 0.342 e. The van der Waals surface area contributed by atoms with Crippen molar-refractivity contribution in [1.82, 2.24) is 14.7 Å². The molecule has 0 unspecified atom stereocenters. The average molecular weight is 218 g/mol. The summed E-state index contributed by atoms with van der Waals surface area (Å²) in [5, 5.41) is 4.00. The van der Waals surface area contributed by atoms with Crippen molar-refractivity contribution < 1.29 is 4.52 Å². The molecule has 0 saturated heterocycles. The molecule has 5 heteroatoms. The van der Waals surface area contributed by atoms with Crippen molar-refractivity contribution in [2.45, 2.75) is 25.3 Å². The third-order valence-electron chi connectivity index (χ3n) is 2.80. The summed E-state index contributed by atoms with van der Waals surface area (Å²) in [5.74, 6) is 1.96. The molecule has 1 aliphatic carbocycles. The van der Waals surface area contributed by atoms with Gasteiger partial charge in [-0.3, -0.25) is 0 Å². The van der Waals surface area contributed by atoms with E-state index >= 15 is 0 Å². The van der Waals surface area contributed by atoms with Crippen LogP contribution in [0.4, 0.5) is 0 Å². The maximum Gasteiger partial charge on any atom is 0.274 e. The average Bonchev–Trinajstić information content (AvgIpc) is 2.85. The second kappa shape index (κ2) is 3.75. The van der Waals surface area contributed by atoms with Crippen molar-refractivity contribution in [2.75, 3.05) is 6.54 Å². The summed E-state index contributed by atoms with van der Waals surface area (Å²) >= 11 is 0. The van der Waals surface area contributed by atoms with E-state index in [4.69, 9.17) is 10.3 Å². The molecular weight excluding hydrogens is 204 g/mol. The molecule has 2 aromatic heterocycles. The first kappa shape index (κ1) is 9.59. The Balaban J connectivity index is 1.91. The predicted octanol–water partition coefficient (Wildman–Crippen LogP) is 1.37. The Morgan fingerprint density at radius 3 is 3.12 bits per heavy atom. The molecule has 84 valence electrons. The van der Waals surface area contributed by atoms with E-state index in [9.17, 15) is 0 Å². The second-order valence-electron chi connectivity index (χ2n) is 4.11. The second-order valence-corrected chi connectivity index (χ2v) is 4.11. The van der Waals surface area contributed by atoms with Crippen molar-refractivity contribution in [3.63, 3.8) is 0 Å². The van der Waals surface area contributed by atoms with Crippen LogP contribution in [0.1, 0.15) is 24.6 Å². The first-order chi connectivity index (χ1) is 7.88. The molecule has 2 heterocycles. The van der Waals surface area contributed by atoms with Crippen LogP contribution in [-0.2, 0) is 6.54 Å². The van der Waals surface area contributed by atoms with Crippen LogP contribution in [-0.4, -0.2) is 21.3 Å². The summed E-state index contributed by atoms with van der Waals surface area (Å²) < 4.78 is 7.31. The highest BCUT2D eigenvalue weighted by Gasteiger charge is 2.29. The zero-order valence-electron chi connectivity index (χ0n) is 8.97. The smallest absolute Gasteiger partial charge is 0.274 e. The highest BCUT2D eigenvalue weighted by molar-refractivity contribution is 5.48.